The van der Waals surface area contributed by atoms with Gasteiger partial charge in [-0.25, -0.2) is 0 Å². The molecule has 2 N–H and O–H groups in total. The first-order valence-corrected chi connectivity index (χ1v) is 9.27. The minimum absolute atomic E-state index is 0.000962. The molecule has 0 aromatic heterocycles. The number of fused-ring (bicyclic) bond motifs is 1. The van der Waals surface area contributed by atoms with Crippen LogP contribution in [0.2, 0.25) is 0 Å². The summed E-state index contributed by atoms with van der Waals surface area (Å²) in [6.45, 7) is 0. The van der Waals surface area contributed by atoms with Gasteiger partial charge in [-0.15, -0.1) is 0 Å². The minimum atomic E-state index is -0.422. The SMILES string of the molecule is O=C1/C(=C/c2ccc3ccc4cccc5ccc2c3c45)Oc2c1ccc(O)c2O. The third-order valence-electron chi connectivity index (χ3n) is 5.64. The first-order valence-electron chi connectivity index (χ1n) is 9.27. The monoisotopic (exact) mass is 378 g/mol. The van der Waals surface area contributed by atoms with E-state index in [1.165, 1.54) is 28.3 Å². The summed E-state index contributed by atoms with van der Waals surface area (Å²) >= 11 is 0. The van der Waals surface area contributed by atoms with Gasteiger partial charge in [-0.05, 0) is 56.1 Å². The minimum Gasteiger partial charge on any atom is -0.504 e. The number of hydrogen-bond donors (Lipinski definition) is 2. The zero-order valence-electron chi connectivity index (χ0n) is 15.1. The van der Waals surface area contributed by atoms with Crippen LogP contribution in [0.15, 0.2) is 72.5 Å². The maximum Gasteiger partial charge on any atom is 0.232 e. The van der Waals surface area contributed by atoms with Gasteiger partial charge in [0.05, 0.1) is 5.56 Å². The number of ether oxygens (including phenoxy) is 1. The van der Waals surface area contributed by atoms with Gasteiger partial charge in [0.1, 0.15) is 0 Å². The molecule has 1 aliphatic heterocycles. The highest BCUT2D eigenvalue weighted by Crippen LogP contribution is 2.44. The summed E-state index contributed by atoms with van der Waals surface area (Å²) in [7, 11) is 0. The van der Waals surface area contributed by atoms with Crippen molar-refractivity contribution in [2.24, 2.45) is 0 Å². The standard InChI is InChI=1S/C25H14O4/c26-19-11-10-18-23(27)20(29-25(18)24(19)28)12-16-7-6-15-5-4-13-2-1-3-14-8-9-17(16)22(15)21(13)14/h1-12,26,28H/b20-12-. The highest BCUT2D eigenvalue weighted by atomic mass is 16.5. The molecule has 1 aliphatic rings. The second-order valence-corrected chi connectivity index (χ2v) is 7.26. The highest BCUT2D eigenvalue weighted by Gasteiger charge is 2.31. The fraction of sp³-hybridized carbons (Fsp3) is 0. The third kappa shape index (κ3) is 2.11. The first-order chi connectivity index (χ1) is 14.1. The summed E-state index contributed by atoms with van der Waals surface area (Å²) in [4.78, 5) is 12.7. The molecule has 0 unspecified atom stereocenters. The van der Waals surface area contributed by atoms with Gasteiger partial charge in [0.25, 0.3) is 0 Å². The number of benzene rings is 5. The van der Waals surface area contributed by atoms with E-state index in [-0.39, 0.29) is 28.6 Å². The van der Waals surface area contributed by atoms with E-state index < -0.39 is 5.75 Å². The Morgan fingerprint density at radius 1 is 0.759 bits per heavy atom. The number of allylic oxidation sites excluding steroid dienone is 1. The molecule has 0 spiro atoms. The number of hydrogen-bond acceptors (Lipinski definition) is 4. The van der Waals surface area contributed by atoms with Gasteiger partial charge < -0.3 is 14.9 Å². The fourth-order valence-corrected chi connectivity index (χ4v) is 4.25. The van der Waals surface area contributed by atoms with E-state index >= 15 is 0 Å². The molecular weight excluding hydrogens is 364 g/mol. The molecule has 0 atom stereocenters. The zero-order chi connectivity index (χ0) is 19.7. The quantitative estimate of drug-likeness (QED) is 0.226. The lowest BCUT2D eigenvalue weighted by molar-refractivity contribution is 0.101. The van der Waals surface area contributed by atoms with Crippen molar-refractivity contribution in [1.82, 2.24) is 0 Å². The molecule has 1 heterocycles. The van der Waals surface area contributed by atoms with Crippen molar-refractivity contribution in [3.05, 3.63) is 83.6 Å². The lowest BCUT2D eigenvalue weighted by Crippen LogP contribution is -1.98. The van der Waals surface area contributed by atoms with E-state index in [1.807, 2.05) is 12.1 Å². The number of phenols is 2. The predicted octanol–water partition coefficient (Wildman–Crippen LogP) is 5.61. The van der Waals surface area contributed by atoms with Crippen LogP contribution < -0.4 is 4.74 Å². The average Bonchev–Trinajstić information content (AvgIpc) is 3.06. The summed E-state index contributed by atoms with van der Waals surface area (Å²) in [6, 6.07) is 21.4. The van der Waals surface area contributed by atoms with E-state index in [2.05, 4.69) is 42.5 Å². The molecule has 0 bridgehead atoms. The maximum atomic E-state index is 12.7. The highest BCUT2D eigenvalue weighted by molar-refractivity contribution is 6.24. The zero-order valence-corrected chi connectivity index (χ0v) is 15.1. The predicted molar refractivity (Wildman–Crippen MR) is 113 cm³/mol. The third-order valence-corrected chi connectivity index (χ3v) is 5.64. The Morgan fingerprint density at radius 2 is 1.45 bits per heavy atom. The lowest BCUT2D eigenvalue weighted by atomic mass is 9.91. The molecule has 0 saturated carbocycles. The van der Waals surface area contributed by atoms with Crippen LogP contribution in [0.25, 0.3) is 38.4 Å². The molecule has 0 saturated heterocycles. The molecule has 5 aromatic carbocycles. The molecule has 6 rings (SSSR count). The van der Waals surface area contributed by atoms with Gasteiger partial charge in [0.15, 0.2) is 17.3 Å². The molecule has 138 valence electrons. The number of phenolic OH excluding ortho intramolecular Hbond substituents is 2. The summed E-state index contributed by atoms with van der Waals surface area (Å²) in [5, 5.41) is 26.6. The van der Waals surface area contributed by atoms with Crippen LogP contribution in [-0.4, -0.2) is 16.0 Å². The Balaban J connectivity index is 1.59. The van der Waals surface area contributed by atoms with Gasteiger partial charge in [-0.1, -0.05) is 54.6 Å². The van der Waals surface area contributed by atoms with Crippen LogP contribution in [0.3, 0.4) is 0 Å². The molecular formula is C25H14O4. The normalized spacial score (nSPS) is 14.9. The van der Waals surface area contributed by atoms with E-state index in [1.54, 1.807) is 6.08 Å². The number of rotatable bonds is 1. The van der Waals surface area contributed by atoms with Crippen LogP contribution in [-0.2, 0) is 0 Å². The fourth-order valence-electron chi connectivity index (χ4n) is 4.25. The van der Waals surface area contributed by atoms with Crippen molar-refractivity contribution in [3.63, 3.8) is 0 Å². The molecule has 29 heavy (non-hydrogen) atoms. The van der Waals surface area contributed by atoms with Crippen molar-refractivity contribution in [2.75, 3.05) is 0 Å². The molecule has 0 fully saturated rings. The number of carbonyl (C=O) groups is 1. The second kappa shape index (κ2) is 5.49. The van der Waals surface area contributed by atoms with Gasteiger partial charge in [0.2, 0.25) is 11.5 Å². The summed E-state index contributed by atoms with van der Waals surface area (Å²) in [6.07, 6.45) is 1.70. The number of aromatic hydroxyl groups is 2. The van der Waals surface area contributed by atoms with Crippen LogP contribution in [0.1, 0.15) is 15.9 Å². The van der Waals surface area contributed by atoms with E-state index in [0.717, 1.165) is 21.7 Å². The summed E-state index contributed by atoms with van der Waals surface area (Å²) in [5.41, 5.74) is 1.10. The van der Waals surface area contributed by atoms with Crippen molar-refractivity contribution >= 4 is 44.2 Å². The Kier molecular flexibility index (Phi) is 3.02. The summed E-state index contributed by atoms with van der Waals surface area (Å²) < 4.78 is 5.63. The van der Waals surface area contributed by atoms with Crippen LogP contribution in [0.4, 0.5) is 0 Å². The smallest absolute Gasteiger partial charge is 0.232 e. The van der Waals surface area contributed by atoms with E-state index in [4.69, 9.17) is 4.74 Å². The van der Waals surface area contributed by atoms with Gasteiger partial charge >= 0.3 is 0 Å². The van der Waals surface area contributed by atoms with Crippen molar-refractivity contribution < 1.29 is 19.7 Å². The van der Waals surface area contributed by atoms with Crippen molar-refractivity contribution in [2.45, 2.75) is 0 Å². The van der Waals surface area contributed by atoms with Crippen molar-refractivity contribution in [1.29, 1.82) is 0 Å². The molecule has 0 aliphatic carbocycles. The average molecular weight is 378 g/mol. The van der Waals surface area contributed by atoms with Gasteiger partial charge in [-0.2, -0.15) is 0 Å². The van der Waals surface area contributed by atoms with Crippen LogP contribution in [0.5, 0.6) is 17.2 Å². The molecule has 0 radical (unpaired) electrons. The Labute approximate surface area is 165 Å². The second-order valence-electron chi connectivity index (χ2n) is 7.26. The molecule has 4 nitrogen and oxygen atoms in total. The van der Waals surface area contributed by atoms with Crippen molar-refractivity contribution in [3.8, 4) is 17.2 Å². The summed E-state index contributed by atoms with van der Waals surface area (Å²) in [5.74, 6) is -0.939. The first kappa shape index (κ1) is 16.0. The topological polar surface area (TPSA) is 66.8 Å². The van der Waals surface area contributed by atoms with Gasteiger partial charge in [-0.3, -0.25) is 4.79 Å². The van der Waals surface area contributed by atoms with Crippen LogP contribution >= 0.6 is 0 Å². The maximum absolute atomic E-state index is 12.7. The molecule has 4 heteroatoms. The number of Topliss-reactive ketones (excluding diaryl/α,β-unsaturated/α-hetero) is 1. The number of ketones is 1. The number of carbonyl (C=O) groups excluding carboxylic acids is 1. The Morgan fingerprint density at radius 3 is 2.24 bits per heavy atom. The lowest BCUT2D eigenvalue weighted by Gasteiger charge is -2.12. The van der Waals surface area contributed by atoms with Gasteiger partial charge in [0, 0.05) is 0 Å². The molecule has 0 amide bonds. The Bertz CT molecular complexity index is 1500. The largest absolute Gasteiger partial charge is 0.504 e. The molecule has 5 aromatic rings. The van der Waals surface area contributed by atoms with Crippen LogP contribution in [0, 0.1) is 0 Å². The van der Waals surface area contributed by atoms with E-state index in [0.29, 0.717) is 0 Å². The Hall–Kier alpha value is -4.05. The van der Waals surface area contributed by atoms with E-state index in [9.17, 15) is 15.0 Å².